The Morgan fingerprint density at radius 1 is 1.27 bits per heavy atom. The van der Waals surface area contributed by atoms with Crippen molar-refractivity contribution in [3.8, 4) is 6.07 Å². The average molecular weight is 292 g/mol. The quantitative estimate of drug-likeness (QED) is 0.879. The lowest BCUT2D eigenvalue weighted by Gasteiger charge is -2.15. The fourth-order valence-electron chi connectivity index (χ4n) is 1.78. The van der Waals surface area contributed by atoms with Gasteiger partial charge >= 0.3 is 0 Å². The zero-order chi connectivity index (χ0) is 16.0. The van der Waals surface area contributed by atoms with E-state index in [0.29, 0.717) is 11.4 Å². The summed E-state index contributed by atoms with van der Waals surface area (Å²) in [6.45, 7) is 3.70. The van der Waals surface area contributed by atoms with Gasteiger partial charge in [0.1, 0.15) is 6.33 Å². The van der Waals surface area contributed by atoms with Gasteiger partial charge in [-0.1, -0.05) is 12.1 Å². The summed E-state index contributed by atoms with van der Waals surface area (Å²) in [6.07, 6.45) is 6.06. The van der Waals surface area contributed by atoms with Crippen LogP contribution in [-0.2, 0) is 10.2 Å². The molecule has 2 rings (SSSR count). The summed E-state index contributed by atoms with van der Waals surface area (Å²) in [5, 5.41) is 11.9. The molecule has 0 saturated heterocycles. The fraction of sp³-hybridized carbons (Fsp3) is 0.176. The Hall–Kier alpha value is -3.00. The molecule has 0 aliphatic rings. The van der Waals surface area contributed by atoms with Gasteiger partial charge < -0.3 is 5.32 Å². The maximum Gasteiger partial charge on any atom is 0.248 e. The second-order valence-corrected chi connectivity index (χ2v) is 5.27. The number of hydrogen-bond donors (Lipinski definition) is 1. The first-order valence-electron chi connectivity index (χ1n) is 6.78. The van der Waals surface area contributed by atoms with E-state index >= 15 is 0 Å². The highest BCUT2D eigenvalue weighted by Gasteiger charge is 2.19. The van der Waals surface area contributed by atoms with Crippen LogP contribution in [-0.4, -0.2) is 15.9 Å². The SMILES string of the molecule is CC(C)(C#N)c1ccc(NC(=O)C=Cc2ccncn2)cc1. The molecular formula is C17H16N4O. The van der Waals surface area contributed by atoms with Crippen molar-refractivity contribution in [2.75, 3.05) is 5.32 Å². The van der Waals surface area contributed by atoms with Crippen LogP contribution in [0.25, 0.3) is 6.08 Å². The Bertz CT molecular complexity index is 713. The second kappa shape index (κ2) is 6.64. The van der Waals surface area contributed by atoms with E-state index in [0.717, 1.165) is 5.56 Å². The van der Waals surface area contributed by atoms with Crippen molar-refractivity contribution in [1.29, 1.82) is 5.26 Å². The molecule has 1 N–H and O–H groups in total. The molecule has 0 fully saturated rings. The summed E-state index contributed by atoms with van der Waals surface area (Å²) >= 11 is 0. The molecule has 1 aromatic carbocycles. The maximum absolute atomic E-state index is 11.8. The molecule has 0 saturated carbocycles. The van der Waals surface area contributed by atoms with Gasteiger partial charge in [-0.3, -0.25) is 4.79 Å². The Morgan fingerprint density at radius 3 is 2.59 bits per heavy atom. The predicted molar refractivity (Wildman–Crippen MR) is 84.8 cm³/mol. The van der Waals surface area contributed by atoms with Gasteiger partial charge in [-0.25, -0.2) is 9.97 Å². The number of rotatable bonds is 4. The molecule has 1 aromatic heterocycles. The van der Waals surface area contributed by atoms with Crippen LogP contribution in [0.4, 0.5) is 5.69 Å². The summed E-state index contributed by atoms with van der Waals surface area (Å²) in [7, 11) is 0. The molecular weight excluding hydrogens is 276 g/mol. The van der Waals surface area contributed by atoms with Crippen molar-refractivity contribution in [3.05, 3.63) is 60.2 Å². The van der Waals surface area contributed by atoms with Gasteiger partial charge in [-0.2, -0.15) is 5.26 Å². The number of carbonyl (C=O) groups excluding carboxylic acids is 1. The highest BCUT2D eigenvalue weighted by Crippen LogP contribution is 2.23. The number of hydrogen-bond acceptors (Lipinski definition) is 4. The molecule has 110 valence electrons. The number of carbonyl (C=O) groups is 1. The van der Waals surface area contributed by atoms with Crippen LogP contribution in [0.1, 0.15) is 25.1 Å². The number of nitrogens with zero attached hydrogens (tertiary/aromatic N) is 3. The minimum absolute atomic E-state index is 0.245. The van der Waals surface area contributed by atoms with Gasteiger partial charge in [0.15, 0.2) is 0 Å². The van der Waals surface area contributed by atoms with E-state index in [9.17, 15) is 4.79 Å². The average Bonchev–Trinajstić information content (AvgIpc) is 2.54. The first-order chi connectivity index (χ1) is 10.5. The largest absolute Gasteiger partial charge is 0.323 e. The Kier molecular flexibility index (Phi) is 4.64. The maximum atomic E-state index is 11.8. The molecule has 5 heteroatoms. The number of nitrogens with one attached hydrogen (secondary N) is 1. The van der Waals surface area contributed by atoms with Crippen LogP contribution in [0.3, 0.4) is 0 Å². The van der Waals surface area contributed by atoms with Crippen molar-refractivity contribution < 1.29 is 4.79 Å². The second-order valence-electron chi connectivity index (χ2n) is 5.27. The van der Waals surface area contributed by atoms with Crippen LogP contribution in [0.15, 0.2) is 48.9 Å². The van der Waals surface area contributed by atoms with Crippen molar-refractivity contribution in [1.82, 2.24) is 9.97 Å². The third-order valence-electron chi connectivity index (χ3n) is 3.16. The van der Waals surface area contributed by atoms with Crippen LogP contribution in [0, 0.1) is 11.3 Å². The van der Waals surface area contributed by atoms with Crippen LogP contribution in [0.2, 0.25) is 0 Å². The number of anilines is 1. The molecule has 0 spiro atoms. The number of benzene rings is 1. The summed E-state index contributed by atoms with van der Waals surface area (Å²) in [5.74, 6) is -0.245. The van der Waals surface area contributed by atoms with E-state index in [4.69, 9.17) is 5.26 Å². The molecule has 5 nitrogen and oxygen atoms in total. The van der Waals surface area contributed by atoms with E-state index < -0.39 is 5.41 Å². The zero-order valence-electron chi connectivity index (χ0n) is 12.4. The summed E-state index contributed by atoms with van der Waals surface area (Å²) in [6, 6.07) is 11.2. The third-order valence-corrected chi connectivity index (χ3v) is 3.16. The zero-order valence-corrected chi connectivity index (χ0v) is 12.4. The smallest absolute Gasteiger partial charge is 0.248 e. The lowest BCUT2D eigenvalue weighted by molar-refractivity contribution is -0.111. The van der Waals surface area contributed by atoms with Gasteiger partial charge in [0, 0.05) is 18.0 Å². The van der Waals surface area contributed by atoms with E-state index in [2.05, 4.69) is 21.4 Å². The molecule has 0 aliphatic heterocycles. The minimum atomic E-state index is -0.546. The monoisotopic (exact) mass is 292 g/mol. The third kappa shape index (κ3) is 4.00. The molecule has 1 heterocycles. The molecule has 2 aromatic rings. The van der Waals surface area contributed by atoms with Crippen LogP contribution in [0.5, 0.6) is 0 Å². The van der Waals surface area contributed by atoms with E-state index in [1.165, 1.54) is 12.4 Å². The molecule has 1 amide bonds. The lowest BCUT2D eigenvalue weighted by Crippen LogP contribution is -2.14. The van der Waals surface area contributed by atoms with Gasteiger partial charge in [0.05, 0.1) is 17.2 Å². The summed E-state index contributed by atoms with van der Waals surface area (Å²) < 4.78 is 0. The summed E-state index contributed by atoms with van der Waals surface area (Å²) in [4.78, 5) is 19.6. The van der Waals surface area contributed by atoms with Gasteiger partial charge in [-0.15, -0.1) is 0 Å². The molecule has 0 aliphatic carbocycles. The molecule has 0 radical (unpaired) electrons. The highest BCUT2D eigenvalue weighted by molar-refractivity contribution is 6.01. The predicted octanol–water partition coefficient (Wildman–Crippen LogP) is 2.93. The molecule has 0 unspecified atom stereocenters. The van der Waals surface area contributed by atoms with Crippen LogP contribution < -0.4 is 5.32 Å². The summed E-state index contributed by atoms with van der Waals surface area (Å²) in [5.41, 5.74) is 1.70. The Balaban J connectivity index is 2.01. The number of amides is 1. The molecule has 0 atom stereocenters. The molecule has 22 heavy (non-hydrogen) atoms. The molecule has 0 bridgehead atoms. The van der Waals surface area contributed by atoms with Crippen molar-refractivity contribution in [2.45, 2.75) is 19.3 Å². The van der Waals surface area contributed by atoms with Crippen LogP contribution >= 0.6 is 0 Å². The van der Waals surface area contributed by atoms with Gasteiger partial charge in [-0.05, 0) is 43.7 Å². The normalized spacial score (nSPS) is 11.1. The first-order valence-corrected chi connectivity index (χ1v) is 6.78. The Labute approximate surface area is 129 Å². The van der Waals surface area contributed by atoms with E-state index in [1.807, 2.05) is 26.0 Å². The van der Waals surface area contributed by atoms with Crippen molar-refractivity contribution in [2.24, 2.45) is 0 Å². The van der Waals surface area contributed by atoms with Gasteiger partial charge in [0.25, 0.3) is 0 Å². The topological polar surface area (TPSA) is 78.7 Å². The number of nitriles is 1. The standard InChI is InChI=1S/C17H16N4O/c1-17(2,11-18)13-3-5-15(6-4-13)21-16(22)8-7-14-9-10-19-12-20-14/h3-10,12H,1-2H3,(H,21,22). The van der Waals surface area contributed by atoms with Gasteiger partial charge in [0.2, 0.25) is 5.91 Å². The first kappa shape index (κ1) is 15.4. The number of aromatic nitrogens is 2. The lowest BCUT2D eigenvalue weighted by atomic mass is 9.86. The van der Waals surface area contributed by atoms with Crippen molar-refractivity contribution in [3.63, 3.8) is 0 Å². The minimum Gasteiger partial charge on any atom is -0.323 e. The van der Waals surface area contributed by atoms with E-state index in [-0.39, 0.29) is 5.91 Å². The van der Waals surface area contributed by atoms with E-state index in [1.54, 1.807) is 30.5 Å². The highest BCUT2D eigenvalue weighted by atomic mass is 16.1. The Morgan fingerprint density at radius 2 is 2.00 bits per heavy atom. The van der Waals surface area contributed by atoms with Crippen molar-refractivity contribution >= 4 is 17.7 Å². The fourth-order valence-corrected chi connectivity index (χ4v) is 1.78.